The second-order valence-electron chi connectivity index (χ2n) is 2.56. The zero-order valence-corrected chi connectivity index (χ0v) is 8.26. The molecule has 0 bridgehead atoms. The molecule has 0 saturated heterocycles. The molecule has 0 atom stereocenters. The topological polar surface area (TPSA) is 37.3 Å². The summed E-state index contributed by atoms with van der Waals surface area (Å²) < 4.78 is 0. The normalized spacial score (nSPS) is 9.83. The largest absolute Gasteiger partial charge is 0.507 e. The van der Waals surface area contributed by atoms with Gasteiger partial charge in [-0.1, -0.05) is 28.1 Å². The van der Waals surface area contributed by atoms with E-state index in [0.29, 0.717) is 17.2 Å². The third kappa shape index (κ3) is 1.50. The summed E-state index contributed by atoms with van der Waals surface area (Å²) >= 11 is 3.22. The Morgan fingerprint density at radius 2 is 2.25 bits per heavy atom. The molecule has 0 saturated carbocycles. The Morgan fingerprint density at radius 3 is 2.75 bits per heavy atom. The lowest BCUT2D eigenvalue weighted by atomic mass is 10.1. The number of hydrogen-bond donors (Lipinski definition) is 1. The van der Waals surface area contributed by atoms with Crippen molar-refractivity contribution < 1.29 is 9.90 Å². The number of phenols is 1. The first-order valence-corrected chi connectivity index (χ1v) is 4.65. The third-order valence-corrected chi connectivity index (χ3v) is 2.38. The Hall–Kier alpha value is -0.830. The molecule has 0 radical (unpaired) electrons. The number of hydrogen-bond acceptors (Lipinski definition) is 2. The molecule has 0 aliphatic heterocycles. The molecule has 3 heteroatoms. The van der Waals surface area contributed by atoms with Crippen LogP contribution in [-0.4, -0.2) is 11.4 Å². The molecule has 1 aromatic carbocycles. The molecule has 12 heavy (non-hydrogen) atoms. The van der Waals surface area contributed by atoms with Crippen LogP contribution in [0, 0.1) is 6.92 Å². The van der Waals surface area contributed by atoms with E-state index in [1.807, 2.05) is 6.07 Å². The second-order valence-corrected chi connectivity index (χ2v) is 3.12. The summed E-state index contributed by atoms with van der Waals surface area (Å²) in [5, 5.41) is 10.1. The van der Waals surface area contributed by atoms with Gasteiger partial charge in [0.2, 0.25) is 0 Å². The molecule has 2 nitrogen and oxygen atoms in total. The number of benzene rings is 1. The van der Waals surface area contributed by atoms with Crippen LogP contribution in [0.15, 0.2) is 12.1 Å². The monoisotopic (exact) mass is 228 g/mol. The van der Waals surface area contributed by atoms with E-state index in [4.69, 9.17) is 0 Å². The highest BCUT2D eigenvalue weighted by Gasteiger charge is 2.07. The Bertz CT molecular complexity index is 308. The minimum Gasteiger partial charge on any atom is -0.507 e. The lowest BCUT2D eigenvalue weighted by Gasteiger charge is -2.05. The Balaban J connectivity index is 3.33. The van der Waals surface area contributed by atoms with E-state index < -0.39 is 0 Å². The standard InChI is InChI=1S/C9H9BrO2/c1-6-2-3-7(4-10)9(12)8(6)5-11/h2-3,5,12H,4H2,1H3. The second kappa shape index (κ2) is 3.72. The molecule has 0 amide bonds. The predicted octanol–water partition coefficient (Wildman–Crippen LogP) is 2.41. The number of rotatable bonds is 2. The molecular weight excluding hydrogens is 220 g/mol. The number of aromatic hydroxyl groups is 1. The van der Waals surface area contributed by atoms with Crippen LogP contribution in [0.4, 0.5) is 0 Å². The van der Waals surface area contributed by atoms with Gasteiger partial charge in [-0.25, -0.2) is 0 Å². The molecule has 0 aliphatic carbocycles. The summed E-state index contributed by atoms with van der Waals surface area (Å²) in [6, 6.07) is 3.62. The number of carbonyl (C=O) groups excluding carboxylic acids is 1. The number of halogens is 1. The minimum absolute atomic E-state index is 0.0851. The summed E-state index contributed by atoms with van der Waals surface area (Å²) in [4.78, 5) is 10.5. The van der Waals surface area contributed by atoms with Crippen molar-refractivity contribution in [2.45, 2.75) is 12.3 Å². The number of alkyl halides is 1. The van der Waals surface area contributed by atoms with Gasteiger partial charge in [0.05, 0.1) is 5.56 Å². The average Bonchev–Trinajstić information content (AvgIpc) is 2.06. The Labute approximate surface area is 79.3 Å². The van der Waals surface area contributed by atoms with Crippen molar-refractivity contribution in [3.63, 3.8) is 0 Å². The molecule has 64 valence electrons. The molecule has 0 aromatic heterocycles. The van der Waals surface area contributed by atoms with E-state index in [-0.39, 0.29) is 5.75 Å². The van der Waals surface area contributed by atoms with Gasteiger partial charge in [-0.15, -0.1) is 0 Å². The molecule has 0 heterocycles. The number of aldehydes is 1. The summed E-state index contributed by atoms with van der Waals surface area (Å²) in [5.74, 6) is 0.0851. The van der Waals surface area contributed by atoms with E-state index in [2.05, 4.69) is 15.9 Å². The van der Waals surface area contributed by atoms with Crippen LogP contribution in [0.2, 0.25) is 0 Å². The van der Waals surface area contributed by atoms with Crippen molar-refractivity contribution in [1.29, 1.82) is 0 Å². The van der Waals surface area contributed by atoms with Crippen LogP contribution in [0.25, 0.3) is 0 Å². The van der Waals surface area contributed by atoms with Crippen LogP contribution in [-0.2, 0) is 5.33 Å². The fourth-order valence-electron chi connectivity index (χ4n) is 1.01. The van der Waals surface area contributed by atoms with Crippen LogP contribution in [0.3, 0.4) is 0 Å². The minimum atomic E-state index is 0.0851. The maximum absolute atomic E-state index is 10.5. The number of phenolic OH excluding ortho intramolecular Hbond substituents is 1. The Morgan fingerprint density at radius 1 is 1.58 bits per heavy atom. The van der Waals surface area contributed by atoms with Crippen molar-refractivity contribution >= 4 is 22.2 Å². The third-order valence-electron chi connectivity index (χ3n) is 1.78. The number of carbonyl (C=O) groups is 1. The average molecular weight is 229 g/mol. The van der Waals surface area contributed by atoms with Crippen molar-refractivity contribution in [2.24, 2.45) is 0 Å². The first-order chi connectivity index (χ1) is 5.70. The highest BCUT2D eigenvalue weighted by atomic mass is 79.9. The van der Waals surface area contributed by atoms with Crippen LogP contribution in [0.1, 0.15) is 21.5 Å². The smallest absolute Gasteiger partial charge is 0.154 e. The quantitative estimate of drug-likeness (QED) is 0.624. The van der Waals surface area contributed by atoms with Gasteiger partial charge in [-0.05, 0) is 12.5 Å². The SMILES string of the molecule is Cc1ccc(CBr)c(O)c1C=O. The van der Waals surface area contributed by atoms with Gasteiger partial charge in [0, 0.05) is 10.9 Å². The van der Waals surface area contributed by atoms with Crippen LogP contribution in [0.5, 0.6) is 5.75 Å². The lowest BCUT2D eigenvalue weighted by Crippen LogP contribution is -1.90. The van der Waals surface area contributed by atoms with Gasteiger partial charge in [0.15, 0.2) is 6.29 Å². The van der Waals surface area contributed by atoms with Gasteiger partial charge < -0.3 is 5.11 Å². The highest BCUT2D eigenvalue weighted by Crippen LogP contribution is 2.25. The van der Waals surface area contributed by atoms with Gasteiger partial charge in [0.25, 0.3) is 0 Å². The van der Waals surface area contributed by atoms with Crippen molar-refractivity contribution in [1.82, 2.24) is 0 Å². The molecule has 1 aromatic rings. The molecule has 0 spiro atoms. The first kappa shape index (κ1) is 9.26. The van der Waals surface area contributed by atoms with Crippen LogP contribution >= 0.6 is 15.9 Å². The summed E-state index contributed by atoms with van der Waals surface area (Å²) in [6.07, 6.45) is 0.677. The molecule has 0 aliphatic rings. The zero-order valence-electron chi connectivity index (χ0n) is 6.67. The molecule has 1 N–H and O–H groups in total. The van der Waals surface area contributed by atoms with Gasteiger partial charge in [-0.2, -0.15) is 0 Å². The molecular formula is C9H9BrO2. The van der Waals surface area contributed by atoms with Crippen molar-refractivity contribution in [2.75, 3.05) is 0 Å². The first-order valence-electron chi connectivity index (χ1n) is 3.53. The summed E-state index contributed by atoms with van der Waals surface area (Å²) in [6.45, 7) is 1.79. The maximum Gasteiger partial charge on any atom is 0.154 e. The van der Waals surface area contributed by atoms with E-state index in [1.54, 1.807) is 13.0 Å². The van der Waals surface area contributed by atoms with Crippen molar-refractivity contribution in [3.05, 3.63) is 28.8 Å². The molecule has 0 fully saturated rings. The fourth-order valence-corrected chi connectivity index (χ4v) is 1.46. The lowest BCUT2D eigenvalue weighted by molar-refractivity contribution is 0.112. The van der Waals surface area contributed by atoms with Crippen molar-refractivity contribution in [3.8, 4) is 5.75 Å². The predicted molar refractivity (Wildman–Crippen MR) is 50.9 cm³/mol. The summed E-state index contributed by atoms with van der Waals surface area (Å²) in [5.41, 5.74) is 1.92. The van der Waals surface area contributed by atoms with Gasteiger partial charge in [-0.3, -0.25) is 4.79 Å². The summed E-state index contributed by atoms with van der Waals surface area (Å²) in [7, 11) is 0. The van der Waals surface area contributed by atoms with E-state index in [0.717, 1.165) is 11.1 Å². The maximum atomic E-state index is 10.5. The Kier molecular flexibility index (Phi) is 2.87. The molecule has 0 unspecified atom stereocenters. The van der Waals surface area contributed by atoms with Gasteiger partial charge >= 0.3 is 0 Å². The van der Waals surface area contributed by atoms with Crippen LogP contribution < -0.4 is 0 Å². The fraction of sp³-hybridized carbons (Fsp3) is 0.222. The highest BCUT2D eigenvalue weighted by molar-refractivity contribution is 9.08. The zero-order chi connectivity index (χ0) is 9.14. The van der Waals surface area contributed by atoms with Gasteiger partial charge in [0.1, 0.15) is 5.75 Å². The van der Waals surface area contributed by atoms with E-state index >= 15 is 0 Å². The van der Waals surface area contributed by atoms with E-state index in [9.17, 15) is 9.90 Å². The molecule has 1 rings (SSSR count). The van der Waals surface area contributed by atoms with E-state index in [1.165, 1.54) is 0 Å². The number of aryl methyl sites for hydroxylation is 1.